The van der Waals surface area contributed by atoms with Gasteiger partial charge in [0.2, 0.25) is 0 Å². The minimum atomic E-state index is -1.52. The van der Waals surface area contributed by atoms with Crippen LogP contribution in [0.15, 0.2) is 12.1 Å². The SMILES string of the molecule is COC(=O)[C@H](N)c1c(F)ccc(Cl)c1F.Cl. The lowest BCUT2D eigenvalue weighted by molar-refractivity contribution is -0.142. The molecule has 0 saturated heterocycles. The van der Waals surface area contributed by atoms with E-state index in [0.29, 0.717) is 0 Å². The molecule has 90 valence electrons. The summed E-state index contributed by atoms with van der Waals surface area (Å²) in [5, 5.41) is -0.300. The van der Waals surface area contributed by atoms with Crippen LogP contribution in [-0.4, -0.2) is 13.1 Å². The van der Waals surface area contributed by atoms with E-state index in [-0.39, 0.29) is 17.4 Å². The lowest BCUT2D eigenvalue weighted by Crippen LogP contribution is -2.25. The van der Waals surface area contributed by atoms with Crippen LogP contribution < -0.4 is 5.73 Å². The van der Waals surface area contributed by atoms with E-state index in [1.54, 1.807) is 0 Å². The Bertz CT molecular complexity index is 401. The van der Waals surface area contributed by atoms with Gasteiger partial charge in [-0.3, -0.25) is 4.79 Å². The average Bonchev–Trinajstić information content (AvgIpc) is 2.22. The first-order valence-corrected chi connectivity index (χ1v) is 4.33. The highest BCUT2D eigenvalue weighted by atomic mass is 35.5. The largest absolute Gasteiger partial charge is 0.468 e. The average molecular weight is 272 g/mol. The van der Waals surface area contributed by atoms with Crippen molar-refractivity contribution in [2.45, 2.75) is 6.04 Å². The number of carbonyl (C=O) groups is 1. The maximum atomic E-state index is 13.3. The molecule has 3 nitrogen and oxygen atoms in total. The van der Waals surface area contributed by atoms with E-state index < -0.39 is 29.2 Å². The van der Waals surface area contributed by atoms with Crippen LogP contribution in [0.3, 0.4) is 0 Å². The lowest BCUT2D eigenvalue weighted by Gasteiger charge is -2.12. The number of halogens is 4. The van der Waals surface area contributed by atoms with Gasteiger partial charge in [0.1, 0.15) is 17.7 Å². The van der Waals surface area contributed by atoms with E-state index in [1.165, 1.54) is 0 Å². The van der Waals surface area contributed by atoms with Crippen molar-refractivity contribution < 1.29 is 18.3 Å². The number of hydrogen-bond donors (Lipinski definition) is 1. The Morgan fingerprint density at radius 1 is 1.50 bits per heavy atom. The number of methoxy groups -OCH3 is 1. The Balaban J connectivity index is 0.00000225. The van der Waals surface area contributed by atoms with Crippen molar-refractivity contribution in [2.75, 3.05) is 7.11 Å². The number of benzene rings is 1. The number of carbonyl (C=O) groups excluding carboxylic acids is 1. The molecule has 0 aromatic heterocycles. The van der Waals surface area contributed by atoms with Gasteiger partial charge in [-0.25, -0.2) is 8.78 Å². The van der Waals surface area contributed by atoms with Gasteiger partial charge in [0.15, 0.2) is 0 Å². The predicted octanol–water partition coefficient (Wildman–Crippen LogP) is 2.21. The summed E-state index contributed by atoms with van der Waals surface area (Å²) in [5.41, 5.74) is 4.72. The van der Waals surface area contributed by atoms with Crippen LogP contribution in [0.1, 0.15) is 11.6 Å². The van der Waals surface area contributed by atoms with Gasteiger partial charge in [-0.2, -0.15) is 0 Å². The number of nitrogens with two attached hydrogens (primary N) is 1. The first kappa shape index (κ1) is 15.1. The third kappa shape index (κ3) is 2.81. The number of ether oxygens (including phenoxy) is 1. The molecular weight excluding hydrogens is 263 g/mol. The van der Waals surface area contributed by atoms with Gasteiger partial charge in [-0.1, -0.05) is 11.6 Å². The van der Waals surface area contributed by atoms with E-state index in [4.69, 9.17) is 17.3 Å². The van der Waals surface area contributed by atoms with Crippen molar-refractivity contribution in [1.29, 1.82) is 0 Å². The van der Waals surface area contributed by atoms with Gasteiger partial charge >= 0.3 is 5.97 Å². The molecule has 0 aliphatic carbocycles. The molecule has 1 aromatic carbocycles. The second kappa shape index (κ2) is 5.98. The van der Waals surface area contributed by atoms with Gasteiger partial charge in [-0.15, -0.1) is 12.4 Å². The standard InChI is InChI=1S/C9H8ClF2NO2.ClH/c1-15-9(14)8(13)6-5(11)3-2-4(10)7(6)12;/h2-3,8H,13H2,1H3;1H/t8-;/m1./s1. The highest BCUT2D eigenvalue weighted by Crippen LogP contribution is 2.25. The Morgan fingerprint density at radius 3 is 2.56 bits per heavy atom. The molecule has 1 rings (SSSR count). The first-order chi connectivity index (χ1) is 6.99. The molecule has 0 bridgehead atoms. The Morgan fingerprint density at radius 2 is 2.06 bits per heavy atom. The van der Waals surface area contributed by atoms with Crippen molar-refractivity contribution >= 4 is 30.0 Å². The molecule has 16 heavy (non-hydrogen) atoms. The van der Waals surface area contributed by atoms with E-state index in [9.17, 15) is 13.6 Å². The Labute approximate surface area is 102 Å². The summed E-state index contributed by atoms with van der Waals surface area (Å²) in [4.78, 5) is 11.0. The van der Waals surface area contributed by atoms with Crippen LogP contribution in [0, 0.1) is 11.6 Å². The highest BCUT2D eigenvalue weighted by Gasteiger charge is 2.25. The van der Waals surface area contributed by atoms with E-state index >= 15 is 0 Å². The van der Waals surface area contributed by atoms with Gasteiger partial charge in [0.05, 0.1) is 17.7 Å². The second-order valence-corrected chi connectivity index (χ2v) is 3.16. The summed E-state index contributed by atoms with van der Waals surface area (Å²) in [7, 11) is 1.07. The van der Waals surface area contributed by atoms with Gasteiger partial charge in [0, 0.05) is 0 Å². The molecule has 0 aliphatic rings. The van der Waals surface area contributed by atoms with E-state index in [0.717, 1.165) is 19.2 Å². The molecule has 1 atom stereocenters. The minimum Gasteiger partial charge on any atom is -0.468 e. The van der Waals surface area contributed by atoms with Crippen LogP contribution in [0.25, 0.3) is 0 Å². The van der Waals surface area contributed by atoms with Crippen LogP contribution in [0.4, 0.5) is 8.78 Å². The monoisotopic (exact) mass is 271 g/mol. The molecular formula is C9H9Cl2F2NO2. The molecule has 0 saturated carbocycles. The second-order valence-electron chi connectivity index (χ2n) is 2.76. The topological polar surface area (TPSA) is 52.3 Å². The molecule has 2 N–H and O–H groups in total. The van der Waals surface area contributed by atoms with E-state index in [1.807, 2.05) is 0 Å². The van der Waals surface area contributed by atoms with Crippen molar-refractivity contribution in [3.05, 3.63) is 34.4 Å². The Hall–Kier alpha value is -0.910. The van der Waals surface area contributed by atoms with Crippen molar-refractivity contribution in [2.24, 2.45) is 5.73 Å². The molecule has 0 amide bonds. The summed E-state index contributed by atoms with van der Waals surface area (Å²) in [6.07, 6.45) is 0. The van der Waals surface area contributed by atoms with Crippen molar-refractivity contribution in [3.8, 4) is 0 Å². The molecule has 0 aliphatic heterocycles. The van der Waals surface area contributed by atoms with Crippen LogP contribution in [0.5, 0.6) is 0 Å². The zero-order chi connectivity index (χ0) is 11.6. The molecule has 7 heteroatoms. The fourth-order valence-corrected chi connectivity index (χ4v) is 1.24. The van der Waals surface area contributed by atoms with Crippen LogP contribution in [0.2, 0.25) is 5.02 Å². The molecule has 0 radical (unpaired) electrons. The Kier molecular flexibility index (Phi) is 5.64. The normalized spacial score (nSPS) is 11.6. The fraction of sp³-hybridized carbons (Fsp3) is 0.222. The van der Waals surface area contributed by atoms with Crippen LogP contribution in [-0.2, 0) is 9.53 Å². The van der Waals surface area contributed by atoms with Crippen LogP contribution >= 0.6 is 24.0 Å². The summed E-state index contributed by atoms with van der Waals surface area (Å²) >= 11 is 5.43. The molecule has 0 fully saturated rings. The fourth-order valence-electron chi connectivity index (χ4n) is 1.07. The number of hydrogen-bond acceptors (Lipinski definition) is 3. The third-order valence-electron chi connectivity index (χ3n) is 1.85. The zero-order valence-corrected chi connectivity index (χ0v) is 9.74. The third-order valence-corrected chi connectivity index (χ3v) is 2.14. The molecule has 0 heterocycles. The molecule has 0 spiro atoms. The summed E-state index contributed by atoms with van der Waals surface area (Å²) in [5.74, 6) is -2.92. The summed E-state index contributed by atoms with van der Waals surface area (Å²) in [6.45, 7) is 0. The zero-order valence-electron chi connectivity index (χ0n) is 8.17. The smallest absolute Gasteiger partial charge is 0.327 e. The quantitative estimate of drug-likeness (QED) is 0.663. The lowest BCUT2D eigenvalue weighted by atomic mass is 10.1. The maximum absolute atomic E-state index is 13.3. The maximum Gasteiger partial charge on any atom is 0.327 e. The molecule has 1 aromatic rings. The van der Waals surface area contributed by atoms with Gasteiger partial charge in [0.25, 0.3) is 0 Å². The number of rotatable bonds is 2. The van der Waals surface area contributed by atoms with E-state index in [2.05, 4.69) is 4.74 Å². The van der Waals surface area contributed by atoms with Gasteiger partial charge < -0.3 is 10.5 Å². The van der Waals surface area contributed by atoms with Gasteiger partial charge in [-0.05, 0) is 12.1 Å². The number of esters is 1. The molecule has 0 unspecified atom stereocenters. The van der Waals surface area contributed by atoms with Crippen molar-refractivity contribution in [1.82, 2.24) is 0 Å². The summed E-state index contributed by atoms with van der Waals surface area (Å²) in [6, 6.07) is 0.456. The minimum absolute atomic E-state index is 0. The predicted molar refractivity (Wildman–Crippen MR) is 57.6 cm³/mol. The first-order valence-electron chi connectivity index (χ1n) is 3.95. The van der Waals surface area contributed by atoms with Crippen molar-refractivity contribution in [3.63, 3.8) is 0 Å². The summed E-state index contributed by atoms with van der Waals surface area (Å²) < 4.78 is 30.8. The highest BCUT2D eigenvalue weighted by molar-refractivity contribution is 6.30.